The average Bonchev–Trinajstić information content (AvgIpc) is 2.49. The van der Waals surface area contributed by atoms with E-state index in [0.29, 0.717) is 6.42 Å². The lowest BCUT2D eigenvalue weighted by Gasteiger charge is -2.24. The summed E-state index contributed by atoms with van der Waals surface area (Å²) < 4.78 is 13.4. The van der Waals surface area contributed by atoms with Crippen LogP contribution >= 0.6 is 11.6 Å². The number of hydrazine groups is 1. The number of rotatable bonds is 6. The van der Waals surface area contributed by atoms with Crippen molar-refractivity contribution in [2.75, 3.05) is 0 Å². The van der Waals surface area contributed by atoms with Crippen LogP contribution in [0.15, 0.2) is 18.2 Å². The Labute approximate surface area is 125 Å². The molecule has 112 valence electrons. The summed E-state index contributed by atoms with van der Waals surface area (Å²) in [5.74, 6) is 6.12. The minimum Gasteiger partial charge on any atom is -0.271 e. The summed E-state index contributed by atoms with van der Waals surface area (Å²) in [5.41, 5.74) is 3.69. The van der Waals surface area contributed by atoms with E-state index in [2.05, 4.69) is 5.43 Å². The second kappa shape index (κ2) is 7.96. The molecule has 0 aliphatic heterocycles. The van der Waals surface area contributed by atoms with Crippen LogP contribution in [-0.2, 0) is 6.42 Å². The van der Waals surface area contributed by atoms with Crippen LogP contribution in [0.2, 0.25) is 5.02 Å². The van der Waals surface area contributed by atoms with Crippen LogP contribution in [0.5, 0.6) is 0 Å². The molecule has 0 radical (unpaired) electrons. The highest BCUT2D eigenvalue weighted by atomic mass is 35.5. The Morgan fingerprint density at radius 1 is 1.30 bits per heavy atom. The zero-order valence-electron chi connectivity index (χ0n) is 11.9. The van der Waals surface area contributed by atoms with Gasteiger partial charge in [0.15, 0.2) is 0 Å². The van der Waals surface area contributed by atoms with E-state index in [1.807, 2.05) is 6.07 Å². The van der Waals surface area contributed by atoms with Crippen molar-refractivity contribution in [3.63, 3.8) is 0 Å². The maximum Gasteiger partial charge on any atom is 0.142 e. The van der Waals surface area contributed by atoms with Gasteiger partial charge in [-0.2, -0.15) is 0 Å². The number of benzene rings is 1. The maximum atomic E-state index is 13.4. The topological polar surface area (TPSA) is 38.0 Å². The van der Waals surface area contributed by atoms with Gasteiger partial charge in [0, 0.05) is 6.04 Å². The SMILES string of the molecule is NNC(CCC1CCCCC1)Cc1cccc(F)c1Cl. The Kier molecular flexibility index (Phi) is 6.27. The van der Waals surface area contributed by atoms with Crippen molar-refractivity contribution >= 4 is 11.6 Å². The van der Waals surface area contributed by atoms with Crippen LogP contribution in [0.3, 0.4) is 0 Å². The highest BCUT2D eigenvalue weighted by molar-refractivity contribution is 6.31. The van der Waals surface area contributed by atoms with E-state index >= 15 is 0 Å². The van der Waals surface area contributed by atoms with E-state index in [4.69, 9.17) is 17.4 Å². The van der Waals surface area contributed by atoms with Crippen LogP contribution in [0.4, 0.5) is 4.39 Å². The molecule has 0 bridgehead atoms. The van der Waals surface area contributed by atoms with Crippen LogP contribution < -0.4 is 11.3 Å². The van der Waals surface area contributed by atoms with Crippen LogP contribution in [-0.4, -0.2) is 6.04 Å². The van der Waals surface area contributed by atoms with Gasteiger partial charge in [-0.15, -0.1) is 0 Å². The number of halogens is 2. The van der Waals surface area contributed by atoms with Gasteiger partial charge in [0.25, 0.3) is 0 Å². The molecule has 0 saturated heterocycles. The van der Waals surface area contributed by atoms with E-state index in [1.54, 1.807) is 6.07 Å². The molecule has 20 heavy (non-hydrogen) atoms. The monoisotopic (exact) mass is 298 g/mol. The van der Waals surface area contributed by atoms with Crippen LogP contribution in [0.1, 0.15) is 50.5 Å². The molecule has 1 aliphatic rings. The molecular weight excluding hydrogens is 275 g/mol. The normalized spacial score (nSPS) is 18.1. The lowest BCUT2D eigenvalue weighted by Crippen LogP contribution is -2.37. The smallest absolute Gasteiger partial charge is 0.142 e. The molecule has 0 heterocycles. The van der Waals surface area contributed by atoms with Crippen molar-refractivity contribution in [2.24, 2.45) is 11.8 Å². The van der Waals surface area contributed by atoms with E-state index in [0.717, 1.165) is 17.9 Å². The first-order valence-corrected chi connectivity index (χ1v) is 7.97. The quantitative estimate of drug-likeness (QED) is 0.610. The van der Waals surface area contributed by atoms with Gasteiger partial charge in [-0.1, -0.05) is 55.8 Å². The van der Waals surface area contributed by atoms with Gasteiger partial charge in [0.05, 0.1) is 5.02 Å². The molecule has 4 heteroatoms. The molecule has 1 saturated carbocycles. The molecule has 2 nitrogen and oxygen atoms in total. The summed E-state index contributed by atoms with van der Waals surface area (Å²) >= 11 is 6.00. The molecule has 3 N–H and O–H groups in total. The lowest BCUT2D eigenvalue weighted by atomic mass is 9.84. The van der Waals surface area contributed by atoms with E-state index in [9.17, 15) is 4.39 Å². The van der Waals surface area contributed by atoms with Crippen LogP contribution in [0, 0.1) is 11.7 Å². The molecule has 1 aromatic rings. The Morgan fingerprint density at radius 3 is 2.75 bits per heavy atom. The largest absolute Gasteiger partial charge is 0.271 e. The molecule has 0 aromatic heterocycles. The first kappa shape index (κ1) is 15.7. The van der Waals surface area contributed by atoms with Crippen molar-refractivity contribution < 1.29 is 4.39 Å². The predicted molar refractivity (Wildman–Crippen MR) is 82.0 cm³/mol. The van der Waals surface area contributed by atoms with Crippen molar-refractivity contribution in [3.05, 3.63) is 34.6 Å². The summed E-state index contributed by atoms with van der Waals surface area (Å²) in [7, 11) is 0. The standard InChI is InChI=1S/C16H24ClFN2/c17-16-13(7-4-8-15(16)18)11-14(20-19)10-9-12-5-2-1-3-6-12/h4,7-8,12,14,20H,1-3,5-6,9-11,19H2. The minimum absolute atomic E-state index is 0.163. The van der Waals surface area contributed by atoms with Crippen molar-refractivity contribution in [3.8, 4) is 0 Å². The van der Waals surface area contributed by atoms with Crippen molar-refractivity contribution in [1.29, 1.82) is 0 Å². The average molecular weight is 299 g/mol. The Balaban J connectivity index is 1.86. The van der Waals surface area contributed by atoms with Gasteiger partial charge in [0.2, 0.25) is 0 Å². The molecule has 1 aromatic carbocycles. The zero-order chi connectivity index (χ0) is 14.4. The van der Waals surface area contributed by atoms with Gasteiger partial charge in [0.1, 0.15) is 5.82 Å². The third kappa shape index (κ3) is 4.44. The maximum absolute atomic E-state index is 13.4. The van der Waals surface area contributed by atoms with Gasteiger partial charge in [-0.3, -0.25) is 11.3 Å². The second-order valence-electron chi connectivity index (χ2n) is 5.86. The van der Waals surface area contributed by atoms with Gasteiger partial charge < -0.3 is 0 Å². The minimum atomic E-state index is -0.354. The van der Waals surface area contributed by atoms with E-state index < -0.39 is 0 Å². The van der Waals surface area contributed by atoms with E-state index in [-0.39, 0.29) is 16.9 Å². The molecular formula is C16H24ClFN2. The Morgan fingerprint density at radius 2 is 2.05 bits per heavy atom. The number of nitrogens with two attached hydrogens (primary N) is 1. The molecule has 1 fully saturated rings. The summed E-state index contributed by atoms with van der Waals surface area (Å²) in [6.07, 6.45) is 9.70. The molecule has 1 aliphatic carbocycles. The summed E-state index contributed by atoms with van der Waals surface area (Å²) in [4.78, 5) is 0. The third-order valence-electron chi connectivity index (χ3n) is 4.38. The van der Waals surface area contributed by atoms with Crippen molar-refractivity contribution in [2.45, 2.75) is 57.4 Å². The number of hydrogen-bond donors (Lipinski definition) is 2. The zero-order valence-corrected chi connectivity index (χ0v) is 12.6. The highest BCUT2D eigenvalue weighted by Gasteiger charge is 2.17. The predicted octanol–water partition coefficient (Wildman–Crippen LogP) is 4.21. The molecule has 0 spiro atoms. The summed E-state index contributed by atoms with van der Waals surface area (Å²) in [6.45, 7) is 0. The molecule has 1 atom stereocenters. The Hall–Kier alpha value is -0.640. The van der Waals surface area contributed by atoms with Crippen LogP contribution in [0.25, 0.3) is 0 Å². The van der Waals surface area contributed by atoms with Gasteiger partial charge >= 0.3 is 0 Å². The lowest BCUT2D eigenvalue weighted by molar-refractivity contribution is 0.313. The molecule has 2 rings (SSSR count). The molecule has 1 unspecified atom stereocenters. The fraction of sp³-hybridized carbons (Fsp3) is 0.625. The Bertz CT molecular complexity index is 419. The highest BCUT2D eigenvalue weighted by Crippen LogP contribution is 2.28. The number of nitrogens with one attached hydrogen (secondary N) is 1. The first-order chi connectivity index (χ1) is 9.70. The van der Waals surface area contributed by atoms with Gasteiger partial charge in [-0.05, 0) is 36.8 Å². The summed E-state index contributed by atoms with van der Waals surface area (Å²) in [5, 5.41) is 0.227. The summed E-state index contributed by atoms with van der Waals surface area (Å²) in [6, 6.07) is 5.12. The first-order valence-electron chi connectivity index (χ1n) is 7.59. The van der Waals surface area contributed by atoms with Gasteiger partial charge in [-0.25, -0.2) is 4.39 Å². The van der Waals surface area contributed by atoms with E-state index in [1.165, 1.54) is 44.6 Å². The molecule has 0 amide bonds. The van der Waals surface area contributed by atoms with Crippen molar-refractivity contribution in [1.82, 2.24) is 5.43 Å². The second-order valence-corrected chi connectivity index (χ2v) is 6.24. The number of hydrogen-bond acceptors (Lipinski definition) is 2. The fourth-order valence-electron chi connectivity index (χ4n) is 3.13. The fourth-order valence-corrected chi connectivity index (χ4v) is 3.33. The third-order valence-corrected chi connectivity index (χ3v) is 4.80.